The van der Waals surface area contributed by atoms with Crippen LogP contribution in [0.5, 0.6) is 0 Å². The van der Waals surface area contributed by atoms with Crippen LogP contribution < -0.4 is 9.80 Å². The van der Waals surface area contributed by atoms with E-state index in [-0.39, 0.29) is 21.9 Å². The molecule has 4 rings (SSSR count). The molecule has 9 heteroatoms. The second-order valence-corrected chi connectivity index (χ2v) is 7.11. The smallest absolute Gasteiger partial charge is 0.266 e. The first-order valence-electron chi connectivity index (χ1n) is 8.25. The second kappa shape index (κ2) is 6.83. The fraction of sp³-hybridized carbons (Fsp3) is 0.294. The van der Waals surface area contributed by atoms with Gasteiger partial charge in [0.2, 0.25) is 5.95 Å². The van der Waals surface area contributed by atoms with Crippen LogP contribution in [0.4, 0.5) is 5.95 Å². The number of amides is 2. The third kappa shape index (κ3) is 3.02. The number of benzene rings is 1. The summed E-state index contributed by atoms with van der Waals surface area (Å²) < 4.78 is 0. The molecule has 26 heavy (non-hydrogen) atoms. The first-order valence-corrected chi connectivity index (χ1v) is 9.01. The molecule has 0 bridgehead atoms. The zero-order valence-corrected chi connectivity index (χ0v) is 15.3. The van der Waals surface area contributed by atoms with Crippen molar-refractivity contribution in [3.05, 3.63) is 51.8 Å². The maximum absolute atomic E-state index is 12.6. The van der Waals surface area contributed by atoms with Crippen LogP contribution in [0.15, 0.2) is 30.6 Å². The summed E-state index contributed by atoms with van der Waals surface area (Å²) in [4.78, 5) is 38.2. The summed E-state index contributed by atoms with van der Waals surface area (Å²) in [5.74, 6) is 0.0753. The Kier molecular flexibility index (Phi) is 4.52. The first-order chi connectivity index (χ1) is 12.5. The van der Waals surface area contributed by atoms with Crippen LogP contribution >= 0.6 is 23.2 Å². The van der Waals surface area contributed by atoms with Crippen LogP contribution in [0.1, 0.15) is 20.7 Å². The van der Waals surface area contributed by atoms with Crippen LogP contribution in [0.25, 0.3) is 0 Å². The molecule has 1 aromatic heterocycles. The molecule has 2 amide bonds. The Labute approximate surface area is 160 Å². The number of anilines is 1. The molecule has 0 radical (unpaired) electrons. The van der Waals surface area contributed by atoms with Gasteiger partial charge < -0.3 is 9.80 Å². The fourth-order valence-electron chi connectivity index (χ4n) is 3.29. The quantitative estimate of drug-likeness (QED) is 0.780. The number of quaternary nitrogens is 1. The average Bonchev–Trinajstić information content (AvgIpc) is 2.88. The van der Waals surface area contributed by atoms with Gasteiger partial charge in [-0.3, -0.25) is 9.59 Å². The largest absolute Gasteiger partial charge is 0.330 e. The Morgan fingerprint density at radius 1 is 0.962 bits per heavy atom. The summed E-state index contributed by atoms with van der Waals surface area (Å²) in [6.45, 7) is 3.42. The minimum atomic E-state index is -0.315. The van der Waals surface area contributed by atoms with Gasteiger partial charge in [-0.25, -0.2) is 14.9 Å². The third-order valence-corrected chi connectivity index (χ3v) is 5.42. The van der Waals surface area contributed by atoms with Crippen molar-refractivity contribution in [1.29, 1.82) is 0 Å². The van der Waals surface area contributed by atoms with E-state index in [9.17, 15) is 9.59 Å². The van der Waals surface area contributed by atoms with Crippen molar-refractivity contribution in [3.63, 3.8) is 0 Å². The molecule has 1 fully saturated rings. The van der Waals surface area contributed by atoms with Gasteiger partial charge >= 0.3 is 0 Å². The lowest BCUT2D eigenvalue weighted by Gasteiger charge is -2.33. The van der Waals surface area contributed by atoms with Crippen LogP contribution in [0.2, 0.25) is 10.0 Å². The molecular formula is C17H16Cl2N5O2+. The summed E-state index contributed by atoms with van der Waals surface area (Å²) in [6.07, 6.45) is 3.44. The Bertz CT molecular complexity index is 828. The number of hydrogen-bond acceptors (Lipinski definition) is 5. The lowest BCUT2D eigenvalue weighted by molar-refractivity contribution is -0.907. The van der Waals surface area contributed by atoms with Crippen molar-refractivity contribution in [3.8, 4) is 0 Å². The molecular weight excluding hydrogens is 377 g/mol. The normalized spacial score (nSPS) is 17.8. The van der Waals surface area contributed by atoms with Gasteiger partial charge in [-0.2, -0.15) is 0 Å². The van der Waals surface area contributed by atoms with Crippen LogP contribution in [-0.2, 0) is 0 Å². The van der Waals surface area contributed by atoms with Crippen molar-refractivity contribution < 1.29 is 14.5 Å². The highest BCUT2D eigenvalue weighted by atomic mass is 35.5. The van der Waals surface area contributed by atoms with Crippen LogP contribution in [-0.4, -0.2) is 59.5 Å². The van der Waals surface area contributed by atoms with E-state index in [4.69, 9.17) is 23.2 Å². The number of carbonyl (C=O) groups is 2. The minimum absolute atomic E-state index is 0.275. The van der Waals surface area contributed by atoms with Crippen molar-refractivity contribution in [2.75, 3.05) is 37.7 Å². The Hall–Kier alpha value is -2.22. The molecule has 0 spiro atoms. The number of hydrogen-bond donors (Lipinski definition) is 1. The van der Waals surface area contributed by atoms with Gasteiger partial charge in [-0.05, 0) is 18.2 Å². The zero-order chi connectivity index (χ0) is 18.3. The molecule has 2 aliphatic heterocycles. The predicted molar refractivity (Wildman–Crippen MR) is 96.8 cm³/mol. The number of piperazine rings is 1. The molecule has 0 unspecified atom stereocenters. The van der Waals surface area contributed by atoms with Crippen molar-refractivity contribution >= 4 is 41.0 Å². The first kappa shape index (κ1) is 17.2. The molecule has 1 N–H and O–H groups in total. The van der Waals surface area contributed by atoms with E-state index in [1.807, 2.05) is 0 Å². The van der Waals surface area contributed by atoms with Gasteiger partial charge in [0.1, 0.15) is 0 Å². The predicted octanol–water partition coefficient (Wildman–Crippen LogP) is 0.742. The molecule has 7 nitrogen and oxygen atoms in total. The summed E-state index contributed by atoms with van der Waals surface area (Å²) in [6, 6.07) is 4.73. The third-order valence-electron chi connectivity index (χ3n) is 4.70. The molecule has 3 heterocycles. The number of rotatable bonds is 3. The maximum atomic E-state index is 12.6. The molecule has 1 aromatic carbocycles. The van der Waals surface area contributed by atoms with E-state index in [1.165, 1.54) is 17.0 Å². The molecule has 0 saturated carbocycles. The van der Waals surface area contributed by atoms with E-state index in [1.54, 1.807) is 18.5 Å². The van der Waals surface area contributed by atoms with Crippen LogP contribution in [0, 0.1) is 0 Å². The van der Waals surface area contributed by atoms with Gasteiger partial charge in [0.25, 0.3) is 11.8 Å². The highest BCUT2D eigenvalue weighted by Gasteiger charge is 2.39. The average molecular weight is 393 g/mol. The van der Waals surface area contributed by atoms with Crippen LogP contribution in [0.3, 0.4) is 0 Å². The summed E-state index contributed by atoms with van der Waals surface area (Å²) in [5, 5.41) is 0.550. The van der Waals surface area contributed by atoms with E-state index < -0.39 is 0 Å². The number of nitrogens with zero attached hydrogens (tertiary/aromatic N) is 4. The second-order valence-electron chi connectivity index (χ2n) is 6.29. The SMILES string of the molecule is O=C1c2cc(Cl)c(Cl)cc2C(=O)N1C[NH+]1CCN(c2ncccn2)CC1. The zero-order valence-electron chi connectivity index (χ0n) is 13.8. The number of carbonyl (C=O) groups excluding carboxylic acids is 2. The van der Waals surface area contributed by atoms with Gasteiger partial charge in [0, 0.05) is 12.4 Å². The highest BCUT2D eigenvalue weighted by molar-refractivity contribution is 6.43. The molecule has 0 atom stereocenters. The number of nitrogens with one attached hydrogen (secondary N) is 1. The lowest BCUT2D eigenvalue weighted by Crippen LogP contribution is -3.16. The fourth-order valence-corrected chi connectivity index (χ4v) is 3.61. The Balaban J connectivity index is 1.43. The molecule has 2 aromatic rings. The van der Waals surface area contributed by atoms with E-state index >= 15 is 0 Å². The van der Waals surface area contributed by atoms with Crippen molar-refractivity contribution in [2.45, 2.75) is 0 Å². The summed E-state index contributed by atoms with van der Waals surface area (Å²) in [7, 11) is 0. The number of aromatic nitrogens is 2. The van der Waals surface area contributed by atoms with Crippen molar-refractivity contribution in [2.24, 2.45) is 0 Å². The Morgan fingerprint density at radius 2 is 1.50 bits per heavy atom. The number of fused-ring (bicyclic) bond motifs is 1. The highest BCUT2D eigenvalue weighted by Crippen LogP contribution is 2.31. The topological polar surface area (TPSA) is 70.8 Å². The molecule has 0 aliphatic carbocycles. The van der Waals surface area contributed by atoms with Gasteiger partial charge in [-0.1, -0.05) is 23.2 Å². The van der Waals surface area contributed by atoms with E-state index in [0.717, 1.165) is 31.1 Å². The molecule has 134 valence electrons. The van der Waals surface area contributed by atoms with Crippen molar-refractivity contribution in [1.82, 2.24) is 14.9 Å². The summed E-state index contributed by atoms with van der Waals surface area (Å²) >= 11 is 12.0. The Morgan fingerprint density at radius 3 is 2.04 bits per heavy atom. The van der Waals surface area contributed by atoms with Gasteiger partial charge in [0.15, 0.2) is 6.67 Å². The van der Waals surface area contributed by atoms with Gasteiger partial charge in [-0.15, -0.1) is 0 Å². The van der Waals surface area contributed by atoms with E-state index in [0.29, 0.717) is 23.7 Å². The maximum Gasteiger partial charge on any atom is 0.266 e. The minimum Gasteiger partial charge on any atom is -0.330 e. The number of halogens is 2. The van der Waals surface area contributed by atoms with E-state index in [2.05, 4.69) is 14.9 Å². The summed E-state index contributed by atoms with van der Waals surface area (Å²) in [5.41, 5.74) is 0.639. The monoisotopic (exact) mass is 392 g/mol. The lowest BCUT2D eigenvalue weighted by atomic mass is 10.1. The van der Waals surface area contributed by atoms with Gasteiger partial charge in [0.05, 0.1) is 47.4 Å². The molecule has 2 aliphatic rings. The standard InChI is InChI=1S/C17H15Cl2N5O2/c18-13-8-11-12(9-14(13)19)16(26)24(15(11)25)10-22-4-6-23(7-5-22)17-20-2-1-3-21-17/h1-3,8-9H,4-7,10H2/p+1. The molecule has 1 saturated heterocycles. The number of imide groups is 1.